The van der Waals surface area contributed by atoms with Gasteiger partial charge in [0.05, 0.1) is 0 Å². The number of carboxylic acids is 1. The van der Waals surface area contributed by atoms with Crippen molar-refractivity contribution in [2.45, 2.75) is 19.8 Å². The van der Waals surface area contributed by atoms with Gasteiger partial charge < -0.3 is 10.0 Å². The molecule has 0 aromatic carbocycles. The van der Waals surface area contributed by atoms with Crippen molar-refractivity contribution in [3.63, 3.8) is 0 Å². The fraction of sp³-hybridized carbons (Fsp3) is 0.417. The number of hydrogen-bond acceptors (Lipinski definition) is 4. The van der Waals surface area contributed by atoms with Crippen molar-refractivity contribution in [2.24, 2.45) is 0 Å². The molecule has 2 heterocycles. The lowest BCUT2D eigenvalue weighted by molar-refractivity contribution is -0.137. The average Bonchev–Trinajstić information content (AvgIpc) is 2.74. The Bertz CT molecular complexity index is 564. The molecule has 0 saturated carbocycles. The largest absolute Gasteiger partial charge is 0.481 e. The van der Waals surface area contributed by atoms with Crippen LogP contribution in [0.15, 0.2) is 18.5 Å². The Kier molecular flexibility index (Phi) is 3.45. The van der Waals surface area contributed by atoms with Crippen LogP contribution in [-0.2, 0) is 4.79 Å². The Labute approximate surface area is 105 Å². The number of hydrogen-bond donors (Lipinski definition) is 1. The maximum absolute atomic E-state index is 10.5. The smallest absolute Gasteiger partial charge is 0.303 e. The van der Waals surface area contributed by atoms with Crippen LogP contribution in [0.25, 0.3) is 5.65 Å². The number of carbonyl (C=O) groups is 1. The van der Waals surface area contributed by atoms with Gasteiger partial charge in [0.25, 0.3) is 0 Å². The summed E-state index contributed by atoms with van der Waals surface area (Å²) in [6.45, 7) is 2.67. The Morgan fingerprint density at radius 3 is 3.00 bits per heavy atom. The number of aromatic nitrogens is 3. The van der Waals surface area contributed by atoms with E-state index < -0.39 is 5.97 Å². The van der Waals surface area contributed by atoms with E-state index in [9.17, 15) is 4.79 Å². The molecular weight excluding hydrogens is 232 g/mol. The first-order chi connectivity index (χ1) is 8.58. The zero-order valence-corrected chi connectivity index (χ0v) is 10.5. The number of pyridine rings is 1. The molecule has 96 valence electrons. The van der Waals surface area contributed by atoms with Crippen LogP contribution < -0.4 is 4.90 Å². The maximum Gasteiger partial charge on any atom is 0.303 e. The molecule has 0 aliphatic rings. The van der Waals surface area contributed by atoms with Crippen molar-refractivity contribution in [3.05, 3.63) is 24.0 Å². The molecule has 0 aliphatic carbocycles. The number of aliphatic carboxylic acids is 1. The summed E-state index contributed by atoms with van der Waals surface area (Å²) in [7, 11) is 1.93. The maximum atomic E-state index is 10.5. The van der Waals surface area contributed by atoms with Crippen molar-refractivity contribution in [3.8, 4) is 0 Å². The third-order valence-electron chi connectivity index (χ3n) is 2.78. The van der Waals surface area contributed by atoms with Gasteiger partial charge in [0.2, 0.25) is 0 Å². The van der Waals surface area contributed by atoms with Crippen LogP contribution in [0.3, 0.4) is 0 Å². The minimum atomic E-state index is -0.765. The molecule has 0 saturated heterocycles. The lowest BCUT2D eigenvalue weighted by Gasteiger charge is -2.19. The van der Waals surface area contributed by atoms with Crippen molar-refractivity contribution in [2.75, 3.05) is 18.5 Å². The van der Waals surface area contributed by atoms with E-state index in [1.54, 1.807) is 4.52 Å². The Morgan fingerprint density at radius 1 is 1.50 bits per heavy atom. The molecule has 0 atom stereocenters. The average molecular weight is 248 g/mol. The van der Waals surface area contributed by atoms with E-state index in [4.69, 9.17) is 5.11 Å². The van der Waals surface area contributed by atoms with Crippen LogP contribution in [0.5, 0.6) is 0 Å². The second kappa shape index (κ2) is 5.03. The Hall–Kier alpha value is -2.11. The first kappa shape index (κ1) is 12.3. The van der Waals surface area contributed by atoms with Gasteiger partial charge in [-0.25, -0.2) is 4.98 Å². The van der Waals surface area contributed by atoms with Crippen LogP contribution in [0.1, 0.15) is 18.4 Å². The fourth-order valence-corrected chi connectivity index (χ4v) is 1.89. The molecule has 0 aliphatic heterocycles. The molecule has 6 nitrogen and oxygen atoms in total. The summed E-state index contributed by atoms with van der Waals surface area (Å²) in [6, 6.07) is 3.98. The summed E-state index contributed by atoms with van der Waals surface area (Å²) < 4.78 is 1.76. The lowest BCUT2D eigenvalue weighted by atomic mass is 10.2. The van der Waals surface area contributed by atoms with E-state index in [2.05, 4.69) is 10.1 Å². The molecule has 0 bridgehead atoms. The van der Waals surface area contributed by atoms with E-state index in [0.717, 1.165) is 17.0 Å². The molecule has 0 unspecified atom stereocenters. The summed E-state index contributed by atoms with van der Waals surface area (Å²) in [5.41, 5.74) is 1.91. The van der Waals surface area contributed by atoms with E-state index in [1.807, 2.05) is 31.0 Å². The molecule has 2 rings (SSSR count). The molecule has 0 radical (unpaired) electrons. The molecular formula is C12H16N4O2. The number of anilines is 1. The molecule has 0 fully saturated rings. The van der Waals surface area contributed by atoms with Crippen molar-refractivity contribution in [1.29, 1.82) is 0 Å². The minimum Gasteiger partial charge on any atom is -0.481 e. The highest BCUT2D eigenvalue weighted by Gasteiger charge is 2.09. The van der Waals surface area contributed by atoms with Gasteiger partial charge in [-0.15, -0.1) is 0 Å². The van der Waals surface area contributed by atoms with Gasteiger partial charge in [-0.05, 0) is 31.0 Å². The van der Waals surface area contributed by atoms with Crippen LogP contribution in [-0.4, -0.2) is 39.3 Å². The monoisotopic (exact) mass is 248 g/mol. The SMILES string of the molecule is Cc1cc(N(C)CCCC(=O)O)n2ncnc2c1. The lowest BCUT2D eigenvalue weighted by Crippen LogP contribution is -2.22. The highest BCUT2D eigenvalue weighted by Crippen LogP contribution is 2.17. The van der Waals surface area contributed by atoms with Gasteiger partial charge in [0.15, 0.2) is 5.65 Å². The quantitative estimate of drug-likeness (QED) is 0.864. The van der Waals surface area contributed by atoms with E-state index in [0.29, 0.717) is 13.0 Å². The van der Waals surface area contributed by atoms with Crippen LogP contribution in [0, 0.1) is 6.92 Å². The second-order valence-electron chi connectivity index (χ2n) is 4.34. The van der Waals surface area contributed by atoms with Gasteiger partial charge in [0.1, 0.15) is 12.1 Å². The highest BCUT2D eigenvalue weighted by atomic mass is 16.4. The second-order valence-corrected chi connectivity index (χ2v) is 4.34. The van der Waals surface area contributed by atoms with E-state index >= 15 is 0 Å². The number of aryl methyl sites for hydroxylation is 1. The van der Waals surface area contributed by atoms with Gasteiger partial charge >= 0.3 is 5.97 Å². The standard InChI is InChI=1S/C12H16N4O2/c1-9-6-10-13-8-14-16(10)11(7-9)15(2)5-3-4-12(17)18/h6-8H,3-5H2,1-2H3,(H,17,18). The zero-order valence-electron chi connectivity index (χ0n) is 10.5. The molecule has 2 aromatic rings. The van der Waals surface area contributed by atoms with Crippen molar-refractivity contribution in [1.82, 2.24) is 14.6 Å². The summed E-state index contributed by atoms with van der Waals surface area (Å²) in [6.07, 6.45) is 2.30. The first-order valence-electron chi connectivity index (χ1n) is 5.81. The topological polar surface area (TPSA) is 70.7 Å². The van der Waals surface area contributed by atoms with Crippen molar-refractivity contribution < 1.29 is 9.90 Å². The molecule has 2 aromatic heterocycles. The summed E-state index contributed by atoms with van der Waals surface area (Å²) in [5.74, 6) is 0.159. The third-order valence-corrected chi connectivity index (χ3v) is 2.78. The molecule has 0 spiro atoms. The zero-order chi connectivity index (χ0) is 13.1. The van der Waals surface area contributed by atoms with Gasteiger partial charge in [-0.2, -0.15) is 9.61 Å². The number of carboxylic acid groups (broad SMARTS) is 1. The van der Waals surface area contributed by atoms with Crippen molar-refractivity contribution >= 4 is 17.4 Å². The first-order valence-corrected chi connectivity index (χ1v) is 5.81. The molecule has 6 heteroatoms. The summed E-state index contributed by atoms with van der Waals surface area (Å²) in [5, 5.41) is 12.8. The molecule has 1 N–H and O–H groups in total. The minimum absolute atomic E-state index is 0.177. The number of nitrogens with zero attached hydrogens (tertiary/aromatic N) is 4. The Morgan fingerprint density at radius 2 is 2.28 bits per heavy atom. The normalized spacial score (nSPS) is 10.8. The van der Waals surface area contributed by atoms with Gasteiger partial charge in [-0.1, -0.05) is 0 Å². The molecule has 0 amide bonds. The summed E-state index contributed by atoms with van der Waals surface area (Å²) >= 11 is 0. The molecule has 18 heavy (non-hydrogen) atoms. The van der Waals surface area contributed by atoms with Crippen LogP contribution in [0.4, 0.5) is 5.82 Å². The van der Waals surface area contributed by atoms with E-state index in [-0.39, 0.29) is 6.42 Å². The van der Waals surface area contributed by atoms with E-state index in [1.165, 1.54) is 6.33 Å². The predicted molar refractivity (Wildman–Crippen MR) is 67.9 cm³/mol. The summed E-state index contributed by atoms with van der Waals surface area (Å²) in [4.78, 5) is 16.7. The predicted octanol–water partition coefficient (Wildman–Crippen LogP) is 1.34. The van der Waals surface area contributed by atoms with Gasteiger partial charge in [-0.3, -0.25) is 4.79 Å². The van der Waals surface area contributed by atoms with Gasteiger partial charge in [0, 0.05) is 20.0 Å². The third kappa shape index (κ3) is 2.58. The van der Waals surface area contributed by atoms with Crippen LogP contribution in [0.2, 0.25) is 0 Å². The number of fused-ring (bicyclic) bond motifs is 1. The highest BCUT2D eigenvalue weighted by molar-refractivity contribution is 5.66. The fourth-order valence-electron chi connectivity index (χ4n) is 1.89. The van der Waals surface area contributed by atoms with Crippen LogP contribution >= 0.6 is 0 Å². The Balaban J connectivity index is 2.18. The number of rotatable bonds is 5.